The molecule has 1 saturated heterocycles. The summed E-state index contributed by atoms with van der Waals surface area (Å²) in [6.07, 6.45) is 0. The van der Waals surface area contributed by atoms with E-state index in [1.807, 2.05) is 74.5 Å². The number of H-pyrrole nitrogens is 1. The molecule has 0 aliphatic carbocycles. The summed E-state index contributed by atoms with van der Waals surface area (Å²) in [5, 5.41) is 1.03. The average Bonchev–Trinajstić information content (AvgIpc) is 3.37. The molecule has 8 nitrogen and oxygen atoms in total. The van der Waals surface area contributed by atoms with E-state index in [0.717, 1.165) is 39.0 Å². The van der Waals surface area contributed by atoms with Gasteiger partial charge in [-0.3, -0.25) is 9.59 Å². The minimum atomic E-state index is -1.18. The van der Waals surface area contributed by atoms with Gasteiger partial charge in [-0.15, -0.1) is 0 Å². The fraction of sp³-hybridized carbons (Fsp3) is 0.312. The largest absolute Gasteiger partial charge is 0.497 e. The molecule has 0 saturated carbocycles. The number of rotatable bonds is 7. The van der Waals surface area contributed by atoms with E-state index in [-0.39, 0.29) is 24.3 Å². The Bertz CT molecular complexity index is 1590. The summed E-state index contributed by atoms with van der Waals surface area (Å²) in [7, 11) is 3.25. The van der Waals surface area contributed by atoms with Crippen molar-refractivity contribution >= 4 is 22.7 Å². The van der Waals surface area contributed by atoms with Gasteiger partial charge in [0.05, 0.1) is 26.5 Å². The Kier molecular flexibility index (Phi) is 6.41. The summed E-state index contributed by atoms with van der Waals surface area (Å²) in [5.41, 5.74) is 3.35. The van der Waals surface area contributed by atoms with Gasteiger partial charge < -0.3 is 29.0 Å². The third kappa shape index (κ3) is 3.89. The van der Waals surface area contributed by atoms with Crippen LogP contribution in [0.1, 0.15) is 42.1 Å². The number of methoxy groups -OCH3 is 2. The van der Waals surface area contributed by atoms with Crippen molar-refractivity contribution in [1.29, 1.82) is 0 Å². The summed E-state index contributed by atoms with van der Waals surface area (Å²) >= 11 is 0. The highest BCUT2D eigenvalue weighted by molar-refractivity contribution is 6.01. The fourth-order valence-electron chi connectivity index (χ4n) is 6.30. The number of carbonyl (C=O) groups is 2. The predicted octanol–water partition coefficient (Wildman–Crippen LogP) is 4.82. The number of benzene rings is 3. The molecule has 0 spiro atoms. The van der Waals surface area contributed by atoms with Gasteiger partial charge in [0.2, 0.25) is 5.91 Å². The Balaban J connectivity index is 1.49. The van der Waals surface area contributed by atoms with Crippen LogP contribution in [0.15, 0.2) is 66.7 Å². The lowest BCUT2D eigenvalue weighted by Crippen LogP contribution is -2.67. The average molecular weight is 540 g/mol. The number of fused-ring (bicyclic) bond motifs is 5. The molecule has 2 amide bonds. The zero-order chi connectivity index (χ0) is 28.0. The molecule has 1 fully saturated rings. The zero-order valence-electron chi connectivity index (χ0n) is 23.2. The number of para-hydroxylation sites is 2. The summed E-state index contributed by atoms with van der Waals surface area (Å²) < 4.78 is 17.0. The number of piperazine rings is 1. The maximum atomic E-state index is 14.3. The van der Waals surface area contributed by atoms with E-state index < -0.39 is 5.54 Å². The number of hydrogen-bond acceptors (Lipinski definition) is 5. The second kappa shape index (κ2) is 9.93. The lowest BCUT2D eigenvalue weighted by atomic mass is 9.76. The molecule has 8 heteroatoms. The second-order valence-electron chi connectivity index (χ2n) is 10.4. The Morgan fingerprint density at radius 3 is 2.48 bits per heavy atom. The van der Waals surface area contributed by atoms with Crippen LogP contribution < -0.4 is 14.2 Å². The van der Waals surface area contributed by atoms with Gasteiger partial charge in [0, 0.05) is 35.5 Å². The SMILES string of the molecule is CCOc1c(OC)cccc1[C@@H]1CN2C(=O)CN(Cc3ccc(OC)cc3)C(=O)[C@]2(C)c2[nH]c3ccccc3c21. The van der Waals surface area contributed by atoms with Crippen molar-refractivity contribution in [2.45, 2.75) is 31.8 Å². The van der Waals surface area contributed by atoms with Crippen LogP contribution >= 0.6 is 0 Å². The lowest BCUT2D eigenvalue weighted by molar-refractivity contribution is -0.166. The Morgan fingerprint density at radius 2 is 1.75 bits per heavy atom. The van der Waals surface area contributed by atoms with Gasteiger partial charge in [0.25, 0.3) is 5.91 Å². The van der Waals surface area contributed by atoms with Crippen LogP contribution in [0.25, 0.3) is 10.9 Å². The van der Waals surface area contributed by atoms with E-state index in [4.69, 9.17) is 14.2 Å². The Hall–Kier alpha value is -4.46. The number of aromatic amines is 1. The van der Waals surface area contributed by atoms with E-state index in [0.29, 0.717) is 31.2 Å². The molecule has 0 unspecified atom stereocenters. The molecule has 2 aliphatic heterocycles. The first-order valence-electron chi connectivity index (χ1n) is 13.5. The van der Waals surface area contributed by atoms with Crippen molar-refractivity contribution < 1.29 is 23.8 Å². The molecule has 0 bridgehead atoms. The first kappa shape index (κ1) is 25.8. The third-order valence-corrected chi connectivity index (χ3v) is 8.24. The number of aromatic nitrogens is 1. The van der Waals surface area contributed by atoms with Gasteiger partial charge in [-0.25, -0.2) is 0 Å². The Morgan fingerprint density at radius 1 is 0.975 bits per heavy atom. The van der Waals surface area contributed by atoms with Crippen molar-refractivity contribution in [3.63, 3.8) is 0 Å². The summed E-state index contributed by atoms with van der Waals surface area (Å²) in [5.74, 6) is 1.62. The van der Waals surface area contributed by atoms with Crippen LogP contribution in [-0.2, 0) is 21.7 Å². The highest BCUT2D eigenvalue weighted by Gasteiger charge is 2.56. The number of nitrogens with zero attached hydrogens (tertiary/aromatic N) is 2. The van der Waals surface area contributed by atoms with Crippen LogP contribution in [0.4, 0.5) is 0 Å². The van der Waals surface area contributed by atoms with Gasteiger partial charge in [-0.2, -0.15) is 0 Å². The standard InChI is InChI=1S/C32H33N3O5/c1-5-40-29-22(10-8-12-26(29)39-4)24-18-35-27(36)19-34(17-20-13-15-21(38-3)16-14-20)31(37)32(35,2)30-28(24)23-9-6-7-11-25(23)33-30/h6-16,24,33H,5,17-19H2,1-4H3/t24-,32-/m0/s1. The molecule has 6 rings (SSSR count). The van der Waals surface area contributed by atoms with E-state index >= 15 is 0 Å². The van der Waals surface area contributed by atoms with Gasteiger partial charge in [0.15, 0.2) is 17.0 Å². The highest BCUT2D eigenvalue weighted by atomic mass is 16.5. The molecular weight excluding hydrogens is 506 g/mol. The number of amides is 2. The van der Waals surface area contributed by atoms with Crippen LogP contribution in [-0.4, -0.2) is 60.5 Å². The van der Waals surface area contributed by atoms with Crippen LogP contribution in [0.3, 0.4) is 0 Å². The molecule has 3 heterocycles. The van der Waals surface area contributed by atoms with Crippen LogP contribution in [0.5, 0.6) is 17.2 Å². The second-order valence-corrected chi connectivity index (χ2v) is 10.4. The maximum absolute atomic E-state index is 14.3. The van der Waals surface area contributed by atoms with Crippen LogP contribution in [0.2, 0.25) is 0 Å². The first-order valence-corrected chi connectivity index (χ1v) is 13.5. The van der Waals surface area contributed by atoms with Crippen molar-refractivity contribution in [2.24, 2.45) is 0 Å². The van der Waals surface area contributed by atoms with E-state index in [9.17, 15) is 9.59 Å². The van der Waals surface area contributed by atoms with Crippen molar-refractivity contribution in [3.05, 3.63) is 89.1 Å². The smallest absolute Gasteiger partial charge is 0.255 e. The molecule has 4 aromatic rings. The van der Waals surface area contributed by atoms with E-state index in [2.05, 4.69) is 11.1 Å². The van der Waals surface area contributed by atoms with E-state index in [1.165, 1.54) is 0 Å². The normalized spacial score (nSPS) is 20.4. The number of hydrogen-bond donors (Lipinski definition) is 1. The molecule has 2 aliphatic rings. The predicted molar refractivity (Wildman–Crippen MR) is 152 cm³/mol. The van der Waals surface area contributed by atoms with Crippen molar-refractivity contribution in [3.8, 4) is 17.2 Å². The molecule has 40 heavy (non-hydrogen) atoms. The van der Waals surface area contributed by atoms with Crippen molar-refractivity contribution in [1.82, 2.24) is 14.8 Å². The van der Waals surface area contributed by atoms with Crippen LogP contribution in [0, 0.1) is 0 Å². The summed E-state index contributed by atoms with van der Waals surface area (Å²) in [6, 6.07) is 21.5. The third-order valence-electron chi connectivity index (χ3n) is 8.24. The number of nitrogens with one attached hydrogen (secondary N) is 1. The highest BCUT2D eigenvalue weighted by Crippen LogP contribution is 2.50. The minimum absolute atomic E-state index is 0.0131. The number of carbonyl (C=O) groups excluding carboxylic acids is 2. The molecule has 1 aromatic heterocycles. The number of ether oxygens (including phenoxy) is 3. The monoisotopic (exact) mass is 539 g/mol. The summed E-state index contributed by atoms with van der Waals surface area (Å²) in [6.45, 7) is 4.97. The van der Waals surface area contributed by atoms with Gasteiger partial charge in [-0.05, 0) is 49.2 Å². The van der Waals surface area contributed by atoms with Crippen molar-refractivity contribution in [2.75, 3.05) is 33.9 Å². The molecule has 206 valence electrons. The zero-order valence-corrected chi connectivity index (χ0v) is 23.2. The molecule has 1 N–H and O–H groups in total. The molecule has 0 radical (unpaired) electrons. The fourth-order valence-corrected chi connectivity index (χ4v) is 6.30. The topological polar surface area (TPSA) is 84.1 Å². The molecule has 2 atom stereocenters. The lowest BCUT2D eigenvalue weighted by Gasteiger charge is -2.51. The van der Waals surface area contributed by atoms with E-state index in [1.54, 1.807) is 24.0 Å². The maximum Gasteiger partial charge on any atom is 0.255 e. The molecule has 3 aromatic carbocycles. The van der Waals surface area contributed by atoms with Gasteiger partial charge >= 0.3 is 0 Å². The quantitative estimate of drug-likeness (QED) is 0.364. The van der Waals surface area contributed by atoms with Gasteiger partial charge in [-0.1, -0.05) is 42.5 Å². The van der Waals surface area contributed by atoms with Gasteiger partial charge in [0.1, 0.15) is 12.3 Å². The first-order chi connectivity index (χ1) is 19.4. The Labute approximate surface area is 233 Å². The molecular formula is C32H33N3O5. The minimum Gasteiger partial charge on any atom is -0.497 e. The summed E-state index contributed by atoms with van der Waals surface area (Å²) in [4.78, 5) is 35.2.